The van der Waals surface area contributed by atoms with E-state index in [1.165, 1.54) is 6.92 Å². The molecule has 18 heavy (non-hydrogen) atoms. The van der Waals surface area contributed by atoms with Crippen LogP contribution >= 0.6 is 0 Å². The van der Waals surface area contributed by atoms with E-state index in [0.717, 1.165) is 0 Å². The summed E-state index contributed by atoms with van der Waals surface area (Å²) in [6.07, 6.45) is 0.956. The minimum absolute atomic E-state index is 0.0177. The molecule has 0 aromatic heterocycles. The molecule has 0 aliphatic carbocycles. The monoisotopic (exact) mass is 280 g/mol. The van der Waals surface area contributed by atoms with E-state index in [2.05, 4.69) is 10.6 Å². The van der Waals surface area contributed by atoms with Gasteiger partial charge >= 0.3 is 12.0 Å². The summed E-state index contributed by atoms with van der Waals surface area (Å²) in [6, 6.07) is -1.61. The summed E-state index contributed by atoms with van der Waals surface area (Å²) in [6.45, 7) is 3.31. The Morgan fingerprint density at radius 3 is 2.33 bits per heavy atom. The van der Waals surface area contributed by atoms with Gasteiger partial charge in [0.1, 0.15) is 6.04 Å². The molecule has 0 fully saturated rings. The van der Waals surface area contributed by atoms with E-state index in [1.807, 2.05) is 6.92 Å². The van der Waals surface area contributed by atoms with Gasteiger partial charge in [0.2, 0.25) is 0 Å². The third kappa shape index (κ3) is 7.10. The number of aliphatic carboxylic acids is 1. The minimum atomic E-state index is -3.13. The highest BCUT2D eigenvalue weighted by Gasteiger charge is 2.18. The van der Waals surface area contributed by atoms with Gasteiger partial charge in [-0.05, 0) is 6.42 Å². The number of hydrogen-bond acceptors (Lipinski definition) is 4. The molecule has 0 radical (unpaired) electrons. The summed E-state index contributed by atoms with van der Waals surface area (Å²) < 4.78 is 22.3. The first-order valence-electron chi connectivity index (χ1n) is 5.80. The van der Waals surface area contributed by atoms with Crippen LogP contribution in [0.5, 0.6) is 0 Å². The number of carbonyl (C=O) groups is 2. The van der Waals surface area contributed by atoms with E-state index in [1.54, 1.807) is 0 Å². The fourth-order valence-corrected chi connectivity index (χ4v) is 1.92. The van der Waals surface area contributed by atoms with Gasteiger partial charge in [0.05, 0.1) is 5.75 Å². The first-order chi connectivity index (χ1) is 8.32. The lowest BCUT2D eigenvalue weighted by Crippen LogP contribution is -2.46. The topological polar surface area (TPSA) is 113 Å². The van der Waals surface area contributed by atoms with Gasteiger partial charge in [-0.3, -0.25) is 0 Å². The summed E-state index contributed by atoms with van der Waals surface area (Å²) in [5.41, 5.74) is 0. The largest absolute Gasteiger partial charge is 0.480 e. The van der Waals surface area contributed by atoms with Gasteiger partial charge in [-0.15, -0.1) is 0 Å². The van der Waals surface area contributed by atoms with Gasteiger partial charge in [0.25, 0.3) is 0 Å². The Balaban J connectivity index is 4.07. The number of sulfone groups is 1. The predicted molar refractivity (Wildman–Crippen MR) is 67.2 cm³/mol. The normalized spacial score (nSPS) is 12.8. The first-order valence-corrected chi connectivity index (χ1v) is 7.62. The molecular weight excluding hydrogens is 260 g/mol. The average Bonchev–Trinajstić information content (AvgIpc) is 2.28. The zero-order chi connectivity index (χ0) is 14.2. The number of carboxylic acid groups (broad SMARTS) is 1. The van der Waals surface area contributed by atoms with Crippen LogP contribution in [0.15, 0.2) is 0 Å². The van der Waals surface area contributed by atoms with Crippen molar-refractivity contribution >= 4 is 21.8 Å². The summed E-state index contributed by atoms with van der Waals surface area (Å²) in [7, 11) is -3.13. The third-order valence-electron chi connectivity index (χ3n) is 2.32. The van der Waals surface area contributed by atoms with Crippen molar-refractivity contribution in [3.8, 4) is 0 Å². The quantitative estimate of drug-likeness (QED) is 0.578. The lowest BCUT2D eigenvalue weighted by molar-refractivity contribution is -0.139. The van der Waals surface area contributed by atoms with Crippen LogP contribution in [0, 0.1) is 0 Å². The second-order valence-electron chi connectivity index (χ2n) is 3.82. The lowest BCUT2D eigenvalue weighted by Gasteiger charge is -2.14. The molecule has 0 aromatic carbocycles. The first kappa shape index (κ1) is 16.7. The SMILES string of the molecule is CCC[C@H](NC(=O)NCCS(=O)(=O)CC)C(=O)O. The molecule has 0 bridgehead atoms. The molecule has 3 N–H and O–H groups in total. The van der Waals surface area contributed by atoms with E-state index >= 15 is 0 Å². The molecule has 0 rings (SSSR count). The van der Waals surface area contributed by atoms with Crippen molar-refractivity contribution in [3.05, 3.63) is 0 Å². The Hall–Kier alpha value is -1.31. The fraction of sp³-hybridized carbons (Fsp3) is 0.800. The molecule has 0 aliphatic heterocycles. The van der Waals surface area contributed by atoms with Crippen molar-refractivity contribution in [3.63, 3.8) is 0 Å². The van der Waals surface area contributed by atoms with Crippen LogP contribution in [-0.2, 0) is 14.6 Å². The number of urea groups is 1. The fourth-order valence-electron chi connectivity index (χ4n) is 1.22. The zero-order valence-electron chi connectivity index (χ0n) is 10.6. The second-order valence-corrected chi connectivity index (χ2v) is 6.29. The number of carboxylic acids is 1. The third-order valence-corrected chi connectivity index (χ3v) is 4.03. The zero-order valence-corrected chi connectivity index (χ0v) is 11.4. The van der Waals surface area contributed by atoms with Crippen LogP contribution in [-0.4, -0.2) is 49.6 Å². The highest BCUT2D eigenvalue weighted by atomic mass is 32.2. The molecule has 0 saturated carbocycles. The number of carbonyl (C=O) groups excluding carboxylic acids is 1. The maximum Gasteiger partial charge on any atom is 0.326 e. The summed E-state index contributed by atoms with van der Waals surface area (Å²) >= 11 is 0. The highest BCUT2D eigenvalue weighted by molar-refractivity contribution is 7.91. The Morgan fingerprint density at radius 1 is 1.28 bits per heavy atom. The standard InChI is InChI=1S/C10H20N2O5S/c1-3-5-8(9(13)14)12-10(15)11-6-7-18(16,17)4-2/h8H,3-7H2,1-2H3,(H,13,14)(H2,11,12,15)/t8-/m0/s1. The highest BCUT2D eigenvalue weighted by Crippen LogP contribution is 1.96. The molecule has 0 unspecified atom stereocenters. The van der Waals surface area contributed by atoms with Gasteiger partial charge in [-0.1, -0.05) is 20.3 Å². The van der Waals surface area contributed by atoms with Crippen LogP contribution < -0.4 is 10.6 Å². The van der Waals surface area contributed by atoms with Crippen LogP contribution in [0.1, 0.15) is 26.7 Å². The molecular formula is C10H20N2O5S. The van der Waals surface area contributed by atoms with Gasteiger partial charge < -0.3 is 15.7 Å². The van der Waals surface area contributed by atoms with E-state index in [0.29, 0.717) is 12.8 Å². The van der Waals surface area contributed by atoms with Crippen LogP contribution in [0.25, 0.3) is 0 Å². The van der Waals surface area contributed by atoms with Crippen molar-refractivity contribution in [2.24, 2.45) is 0 Å². The number of rotatable bonds is 8. The lowest BCUT2D eigenvalue weighted by atomic mass is 10.2. The smallest absolute Gasteiger partial charge is 0.326 e. The predicted octanol–water partition coefficient (Wildman–Crippen LogP) is -0.0264. The average molecular weight is 280 g/mol. The number of hydrogen-bond donors (Lipinski definition) is 3. The summed E-state index contributed by atoms with van der Waals surface area (Å²) in [4.78, 5) is 22.1. The molecule has 0 heterocycles. The van der Waals surface area contributed by atoms with Crippen LogP contribution in [0.2, 0.25) is 0 Å². The maximum atomic E-state index is 11.3. The van der Waals surface area contributed by atoms with Gasteiger partial charge in [-0.2, -0.15) is 0 Å². The van der Waals surface area contributed by atoms with E-state index in [4.69, 9.17) is 5.11 Å². The Morgan fingerprint density at radius 2 is 1.89 bits per heavy atom. The molecule has 1 atom stereocenters. The Labute approximate surface area is 107 Å². The molecule has 0 saturated heterocycles. The van der Waals surface area contributed by atoms with E-state index < -0.39 is 27.9 Å². The number of amides is 2. The van der Waals surface area contributed by atoms with E-state index in [-0.39, 0.29) is 18.1 Å². The molecule has 0 aromatic rings. The van der Waals surface area contributed by atoms with Gasteiger partial charge in [0, 0.05) is 12.3 Å². The molecule has 8 heteroatoms. The van der Waals surface area contributed by atoms with Crippen molar-refractivity contribution in [1.82, 2.24) is 10.6 Å². The van der Waals surface area contributed by atoms with Crippen LogP contribution in [0.4, 0.5) is 4.79 Å². The van der Waals surface area contributed by atoms with E-state index in [9.17, 15) is 18.0 Å². The molecule has 7 nitrogen and oxygen atoms in total. The second kappa shape index (κ2) is 7.91. The molecule has 0 spiro atoms. The van der Waals surface area contributed by atoms with Crippen molar-refractivity contribution in [2.45, 2.75) is 32.7 Å². The summed E-state index contributed by atoms with van der Waals surface area (Å²) in [5, 5.41) is 13.4. The van der Waals surface area contributed by atoms with Gasteiger partial charge in [-0.25, -0.2) is 18.0 Å². The Bertz CT molecular complexity index is 380. The Kier molecular flexibility index (Phi) is 7.33. The molecule has 106 valence electrons. The summed E-state index contributed by atoms with van der Waals surface area (Å²) in [5.74, 6) is -1.24. The molecule has 0 aliphatic rings. The van der Waals surface area contributed by atoms with Crippen LogP contribution in [0.3, 0.4) is 0 Å². The number of nitrogens with one attached hydrogen (secondary N) is 2. The van der Waals surface area contributed by atoms with Crippen molar-refractivity contribution in [2.75, 3.05) is 18.1 Å². The maximum absolute atomic E-state index is 11.3. The van der Waals surface area contributed by atoms with Crippen molar-refractivity contribution < 1.29 is 23.1 Å². The van der Waals surface area contributed by atoms with Gasteiger partial charge in [0.15, 0.2) is 9.84 Å². The minimum Gasteiger partial charge on any atom is -0.480 e. The molecule has 2 amide bonds. The van der Waals surface area contributed by atoms with Crippen molar-refractivity contribution in [1.29, 1.82) is 0 Å².